The molecular weight excluding hydrogens is 284 g/mol. The Kier molecular flexibility index (Phi) is 5.04. The van der Waals surface area contributed by atoms with E-state index < -0.39 is 0 Å². The van der Waals surface area contributed by atoms with Crippen LogP contribution in [0.5, 0.6) is 11.5 Å². The highest BCUT2D eigenvalue weighted by Crippen LogP contribution is 2.29. The number of ether oxygens (including phenoxy) is 2. The lowest BCUT2D eigenvalue weighted by atomic mass is 10.1. The summed E-state index contributed by atoms with van der Waals surface area (Å²) in [6.07, 6.45) is 0.956. The van der Waals surface area contributed by atoms with Crippen molar-refractivity contribution in [1.29, 1.82) is 0 Å². The van der Waals surface area contributed by atoms with Crippen molar-refractivity contribution in [3.63, 3.8) is 0 Å². The number of hydrogen-bond acceptors (Lipinski definition) is 5. The van der Waals surface area contributed by atoms with Crippen LogP contribution in [0.3, 0.4) is 0 Å². The van der Waals surface area contributed by atoms with Crippen molar-refractivity contribution in [3.8, 4) is 11.5 Å². The highest BCUT2D eigenvalue weighted by Gasteiger charge is 2.12. The number of nitrogens with zero attached hydrogens (tertiary/aromatic N) is 1. The summed E-state index contributed by atoms with van der Waals surface area (Å²) in [4.78, 5) is 12.1. The summed E-state index contributed by atoms with van der Waals surface area (Å²) in [5.41, 5.74) is 2.49. The molecular formula is C16H20N2O4. The zero-order valence-electron chi connectivity index (χ0n) is 13.2. The smallest absolute Gasteiger partial charge is 0.224 e. The van der Waals surface area contributed by atoms with E-state index in [1.807, 2.05) is 13.8 Å². The molecule has 1 amide bonds. The lowest BCUT2D eigenvalue weighted by Crippen LogP contribution is -2.12. The maximum atomic E-state index is 12.1. The summed E-state index contributed by atoms with van der Waals surface area (Å²) in [5, 5.41) is 6.73. The third-order valence-electron chi connectivity index (χ3n) is 3.45. The van der Waals surface area contributed by atoms with Gasteiger partial charge in [-0.15, -0.1) is 0 Å². The second-order valence-electron chi connectivity index (χ2n) is 4.92. The van der Waals surface area contributed by atoms with E-state index in [2.05, 4.69) is 10.5 Å². The lowest BCUT2D eigenvalue weighted by Gasteiger charge is -2.10. The van der Waals surface area contributed by atoms with Crippen LogP contribution >= 0.6 is 0 Å². The number of aromatic nitrogens is 1. The van der Waals surface area contributed by atoms with E-state index in [4.69, 9.17) is 14.0 Å². The Hall–Kier alpha value is -2.50. The van der Waals surface area contributed by atoms with Crippen molar-refractivity contribution in [1.82, 2.24) is 5.16 Å². The molecule has 6 nitrogen and oxygen atoms in total. The van der Waals surface area contributed by atoms with Crippen molar-refractivity contribution in [2.45, 2.75) is 26.7 Å². The van der Waals surface area contributed by atoms with Gasteiger partial charge in [-0.25, -0.2) is 0 Å². The molecule has 0 atom stereocenters. The summed E-state index contributed by atoms with van der Waals surface area (Å²) < 4.78 is 15.5. The van der Waals surface area contributed by atoms with Crippen LogP contribution in [-0.2, 0) is 11.2 Å². The Balaban J connectivity index is 1.97. The Morgan fingerprint density at radius 1 is 1.23 bits per heavy atom. The van der Waals surface area contributed by atoms with Crippen molar-refractivity contribution < 1.29 is 18.8 Å². The van der Waals surface area contributed by atoms with Gasteiger partial charge in [-0.05, 0) is 32.4 Å². The van der Waals surface area contributed by atoms with Gasteiger partial charge in [-0.1, -0.05) is 5.16 Å². The van der Waals surface area contributed by atoms with Gasteiger partial charge in [0, 0.05) is 23.7 Å². The van der Waals surface area contributed by atoms with E-state index >= 15 is 0 Å². The first kappa shape index (κ1) is 15.9. The predicted octanol–water partition coefficient (Wildman–Crippen LogP) is 2.88. The van der Waals surface area contributed by atoms with Gasteiger partial charge < -0.3 is 19.3 Å². The van der Waals surface area contributed by atoms with Gasteiger partial charge in [0.25, 0.3) is 0 Å². The molecule has 1 aromatic carbocycles. The molecule has 0 radical (unpaired) electrons. The summed E-state index contributed by atoms with van der Waals surface area (Å²) in [5.74, 6) is 1.88. The van der Waals surface area contributed by atoms with Crippen LogP contribution in [0.1, 0.15) is 23.4 Å². The number of methoxy groups -OCH3 is 2. The van der Waals surface area contributed by atoms with E-state index in [1.165, 1.54) is 0 Å². The summed E-state index contributed by atoms with van der Waals surface area (Å²) in [6.45, 7) is 3.72. The van der Waals surface area contributed by atoms with E-state index in [1.54, 1.807) is 32.4 Å². The molecule has 0 unspecified atom stereocenters. The molecule has 0 aliphatic rings. The first-order valence-electron chi connectivity index (χ1n) is 6.98. The maximum absolute atomic E-state index is 12.1. The van der Waals surface area contributed by atoms with Gasteiger partial charge in [-0.2, -0.15) is 0 Å². The largest absolute Gasteiger partial charge is 0.493 e. The van der Waals surface area contributed by atoms with Crippen molar-refractivity contribution >= 4 is 11.6 Å². The molecule has 22 heavy (non-hydrogen) atoms. The molecule has 1 aromatic heterocycles. The van der Waals surface area contributed by atoms with Crippen LogP contribution in [0, 0.1) is 13.8 Å². The highest BCUT2D eigenvalue weighted by atomic mass is 16.5. The number of nitrogens with one attached hydrogen (secondary N) is 1. The normalized spacial score (nSPS) is 10.4. The Morgan fingerprint density at radius 2 is 1.95 bits per heavy atom. The number of benzene rings is 1. The number of anilines is 1. The van der Waals surface area contributed by atoms with E-state index in [-0.39, 0.29) is 5.91 Å². The highest BCUT2D eigenvalue weighted by molar-refractivity contribution is 5.91. The van der Waals surface area contributed by atoms with Crippen molar-refractivity contribution in [3.05, 3.63) is 35.2 Å². The molecule has 1 N–H and O–H groups in total. The predicted molar refractivity (Wildman–Crippen MR) is 82.5 cm³/mol. The number of carbonyl (C=O) groups is 1. The topological polar surface area (TPSA) is 73.6 Å². The molecule has 6 heteroatoms. The summed E-state index contributed by atoms with van der Waals surface area (Å²) in [7, 11) is 3.13. The molecule has 2 aromatic rings. The van der Waals surface area contributed by atoms with Crippen molar-refractivity contribution in [2.24, 2.45) is 0 Å². The Bertz CT molecular complexity index is 645. The van der Waals surface area contributed by atoms with Crippen LogP contribution in [0.25, 0.3) is 0 Å². The molecule has 0 aliphatic heterocycles. The fourth-order valence-electron chi connectivity index (χ4n) is 2.23. The average Bonchev–Trinajstić information content (AvgIpc) is 2.83. The van der Waals surface area contributed by atoms with Crippen LogP contribution < -0.4 is 14.8 Å². The summed E-state index contributed by atoms with van der Waals surface area (Å²) in [6, 6.07) is 5.25. The van der Waals surface area contributed by atoms with E-state index in [0.717, 1.165) is 17.0 Å². The molecule has 1 heterocycles. The van der Waals surface area contributed by atoms with Gasteiger partial charge in [-0.3, -0.25) is 4.79 Å². The average molecular weight is 304 g/mol. The molecule has 0 saturated carbocycles. The SMILES string of the molecule is COc1ccc(NC(=O)CCc2c(C)noc2C)cc1OC. The van der Waals surface area contributed by atoms with Crippen LogP contribution in [0.4, 0.5) is 5.69 Å². The molecule has 0 aliphatic carbocycles. The number of aryl methyl sites for hydroxylation is 2. The number of rotatable bonds is 6. The standard InChI is InChI=1S/C16H20N2O4/c1-10-13(11(2)22-18-10)6-8-16(19)17-12-5-7-14(20-3)15(9-12)21-4/h5,7,9H,6,8H2,1-4H3,(H,17,19). The zero-order valence-corrected chi connectivity index (χ0v) is 13.2. The molecule has 2 rings (SSSR count). The number of carbonyl (C=O) groups excluding carboxylic acids is 1. The first-order chi connectivity index (χ1) is 10.5. The first-order valence-corrected chi connectivity index (χ1v) is 6.98. The quantitative estimate of drug-likeness (QED) is 0.888. The fraction of sp³-hybridized carbons (Fsp3) is 0.375. The molecule has 0 fully saturated rings. The molecule has 0 saturated heterocycles. The Morgan fingerprint density at radius 3 is 2.55 bits per heavy atom. The fourth-order valence-corrected chi connectivity index (χ4v) is 2.23. The van der Waals surface area contributed by atoms with Gasteiger partial charge in [0.05, 0.1) is 19.9 Å². The summed E-state index contributed by atoms with van der Waals surface area (Å²) >= 11 is 0. The van der Waals surface area contributed by atoms with E-state index in [9.17, 15) is 4.79 Å². The number of hydrogen-bond donors (Lipinski definition) is 1. The molecule has 0 spiro atoms. The minimum absolute atomic E-state index is 0.0766. The monoisotopic (exact) mass is 304 g/mol. The zero-order chi connectivity index (χ0) is 16.1. The van der Waals surface area contributed by atoms with Crippen LogP contribution in [0.15, 0.2) is 22.7 Å². The minimum Gasteiger partial charge on any atom is -0.493 e. The Labute approximate surface area is 129 Å². The van der Waals surface area contributed by atoms with Crippen molar-refractivity contribution in [2.75, 3.05) is 19.5 Å². The molecule has 0 bridgehead atoms. The van der Waals surface area contributed by atoms with Gasteiger partial charge >= 0.3 is 0 Å². The number of amides is 1. The van der Waals surface area contributed by atoms with E-state index in [0.29, 0.717) is 30.0 Å². The molecule has 118 valence electrons. The maximum Gasteiger partial charge on any atom is 0.224 e. The van der Waals surface area contributed by atoms with Gasteiger partial charge in [0.15, 0.2) is 11.5 Å². The lowest BCUT2D eigenvalue weighted by molar-refractivity contribution is -0.116. The van der Waals surface area contributed by atoms with Gasteiger partial charge in [0.1, 0.15) is 5.76 Å². The van der Waals surface area contributed by atoms with Crippen LogP contribution in [0.2, 0.25) is 0 Å². The second kappa shape index (κ2) is 6.98. The van der Waals surface area contributed by atoms with Gasteiger partial charge in [0.2, 0.25) is 5.91 Å². The third-order valence-corrected chi connectivity index (χ3v) is 3.45. The third kappa shape index (κ3) is 3.58. The second-order valence-corrected chi connectivity index (χ2v) is 4.92. The van der Waals surface area contributed by atoms with Crippen LogP contribution in [-0.4, -0.2) is 25.3 Å². The minimum atomic E-state index is -0.0766.